The molecular weight excluding hydrogens is 763 g/mol. The van der Waals surface area contributed by atoms with Crippen molar-refractivity contribution in [1.82, 2.24) is 9.13 Å². The van der Waals surface area contributed by atoms with Gasteiger partial charge < -0.3 is 9.13 Å². The van der Waals surface area contributed by atoms with Crippen molar-refractivity contribution < 1.29 is 0 Å². The number of nitriles is 1. The van der Waals surface area contributed by atoms with Crippen LogP contribution in [0.3, 0.4) is 0 Å². The van der Waals surface area contributed by atoms with Gasteiger partial charge in [0, 0.05) is 43.7 Å². The van der Waals surface area contributed by atoms with Crippen LogP contribution >= 0.6 is 0 Å². The molecule has 0 unspecified atom stereocenters. The van der Waals surface area contributed by atoms with E-state index in [4.69, 9.17) is 0 Å². The monoisotopic (exact) mass is 801 g/mol. The van der Waals surface area contributed by atoms with Crippen LogP contribution in [0.5, 0.6) is 0 Å². The van der Waals surface area contributed by atoms with Gasteiger partial charge in [-0.2, -0.15) is 5.26 Å². The number of nitrogens with zero attached hydrogens (tertiary/aromatic N) is 3. The molecule has 2 heterocycles. The van der Waals surface area contributed by atoms with Crippen LogP contribution in [0.15, 0.2) is 200 Å². The van der Waals surface area contributed by atoms with Crippen molar-refractivity contribution in [3.05, 3.63) is 217 Å². The molecule has 0 saturated heterocycles. The number of rotatable bonds is 4. The Kier molecular flexibility index (Phi) is 7.42. The van der Waals surface area contributed by atoms with Gasteiger partial charge in [-0.1, -0.05) is 141 Å². The number of para-hydroxylation sites is 2. The van der Waals surface area contributed by atoms with Crippen LogP contribution in [0.25, 0.3) is 110 Å². The Balaban J connectivity index is 1.09. The van der Waals surface area contributed by atoms with E-state index in [2.05, 4.69) is 223 Å². The Labute approximate surface area is 364 Å². The highest BCUT2D eigenvalue weighted by Gasteiger charge is 2.36. The molecule has 0 spiro atoms. The van der Waals surface area contributed by atoms with Crippen molar-refractivity contribution in [2.45, 2.75) is 19.3 Å². The summed E-state index contributed by atoms with van der Waals surface area (Å²) >= 11 is 0. The highest BCUT2D eigenvalue weighted by molar-refractivity contribution is 6.19. The Hall–Kier alpha value is -8.19. The molecule has 3 heteroatoms. The minimum absolute atomic E-state index is 0.263. The molecule has 0 radical (unpaired) electrons. The minimum atomic E-state index is -0.263. The predicted octanol–water partition coefficient (Wildman–Crippen LogP) is 15.7. The third kappa shape index (κ3) is 5.19. The minimum Gasteiger partial charge on any atom is -0.309 e. The maximum Gasteiger partial charge on any atom is 0.0991 e. The molecule has 0 N–H and O–H groups in total. The topological polar surface area (TPSA) is 33.6 Å². The van der Waals surface area contributed by atoms with Crippen LogP contribution in [-0.4, -0.2) is 9.13 Å². The second-order valence-corrected chi connectivity index (χ2v) is 17.7. The molecule has 13 rings (SSSR count). The second-order valence-electron chi connectivity index (χ2n) is 17.7. The number of aromatic nitrogens is 2. The molecule has 0 fully saturated rings. The van der Waals surface area contributed by atoms with E-state index in [1.807, 2.05) is 6.07 Å². The van der Waals surface area contributed by atoms with Crippen LogP contribution in [0, 0.1) is 11.3 Å². The van der Waals surface area contributed by atoms with Gasteiger partial charge in [0.2, 0.25) is 0 Å². The zero-order valence-electron chi connectivity index (χ0n) is 34.9. The molecule has 12 aromatic rings. The maximum absolute atomic E-state index is 9.82. The van der Waals surface area contributed by atoms with Crippen LogP contribution in [0.1, 0.15) is 30.5 Å². The lowest BCUT2D eigenvalue weighted by Gasteiger charge is -2.22. The summed E-state index contributed by atoms with van der Waals surface area (Å²) in [6.45, 7) is 4.58. The Morgan fingerprint density at radius 3 is 1.78 bits per heavy atom. The van der Waals surface area contributed by atoms with E-state index in [1.54, 1.807) is 0 Å². The molecule has 63 heavy (non-hydrogen) atoms. The van der Waals surface area contributed by atoms with Crippen LogP contribution in [-0.2, 0) is 5.41 Å². The van der Waals surface area contributed by atoms with Crippen molar-refractivity contribution in [3.63, 3.8) is 0 Å². The van der Waals surface area contributed by atoms with E-state index in [0.29, 0.717) is 5.56 Å². The largest absolute Gasteiger partial charge is 0.309 e. The zero-order valence-corrected chi connectivity index (χ0v) is 34.9. The fourth-order valence-electron chi connectivity index (χ4n) is 10.8. The smallest absolute Gasteiger partial charge is 0.0991 e. The van der Waals surface area contributed by atoms with Gasteiger partial charge >= 0.3 is 0 Å². The standard InChI is InChI=1S/C60H39N3/c1-60(2)54-28-37(36-61)20-24-48(54)49-25-22-41(33-55(49)60)43-29-44(31-46(30-43)63-56-19-11-10-18-50(56)52-27-21-38-12-8-9-17-47(38)59(52)63)42-23-26-51-53-32-39-13-6-7-14-40(39)34-58(53)62(57(51)35-42)45-15-4-3-5-16-45/h3-35H,1-2H3. The zero-order chi connectivity index (χ0) is 42.0. The fourth-order valence-corrected chi connectivity index (χ4v) is 10.8. The fraction of sp³-hybridized carbons (Fsp3) is 0.0500. The third-order valence-corrected chi connectivity index (χ3v) is 13.9. The van der Waals surface area contributed by atoms with E-state index in [9.17, 15) is 5.26 Å². The number of hydrogen-bond donors (Lipinski definition) is 0. The van der Waals surface area contributed by atoms with Crippen molar-refractivity contribution in [1.29, 1.82) is 5.26 Å². The van der Waals surface area contributed by atoms with Crippen LogP contribution in [0.4, 0.5) is 0 Å². The molecular formula is C60H39N3. The SMILES string of the molecule is CC1(C)c2cc(C#N)ccc2-c2ccc(-c3cc(-c4ccc5c6cc7ccccc7cc6n(-c6ccccc6)c5c4)cc(-n4c5ccccc5c5ccc6ccccc6c54)c3)cc21. The summed E-state index contributed by atoms with van der Waals surface area (Å²) in [6, 6.07) is 75.9. The number of hydrogen-bond acceptors (Lipinski definition) is 1. The molecule has 1 aliphatic rings. The lowest BCUT2D eigenvalue weighted by atomic mass is 9.81. The van der Waals surface area contributed by atoms with Gasteiger partial charge in [-0.25, -0.2) is 0 Å². The van der Waals surface area contributed by atoms with Crippen molar-refractivity contribution in [2.75, 3.05) is 0 Å². The molecule has 1 aliphatic carbocycles. The Morgan fingerprint density at radius 2 is 0.984 bits per heavy atom. The van der Waals surface area contributed by atoms with Crippen molar-refractivity contribution >= 4 is 65.2 Å². The van der Waals surface area contributed by atoms with Gasteiger partial charge in [0.1, 0.15) is 0 Å². The van der Waals surface area contributed by atoms with Gasteiger partial charge in [0.15, 0.2) is 0 Å². The first-order chi connectivity index (χ1) is 30.9. The lowest BCUT2D eigenvalue weighted by Crippen LogP contribution is -2.15. The van der Waals surface area contributed by atoms with E-state index in [-0.39, 0.29) is 5.41 Å². The van der Waals surface area contributed by atoms with Gasteiger partial charge in [0.05, 0.1) is 33.7 Å². The maximum atomic E-state index is 9.82. The first-order valence-electron chi connectivity index (χ1n) is 21.7. The summed E-state index contributed by atoms with van der Waals surface area (Å²) in [5, 5.41) is 19.7. The highest BCUT2D eigenvalue weighted by atomic mass is 15.0. The van der Waals surface area contributed by atoms with Gasteiger partial charge in [-0.3, -0.25) is 0 Å². The van der Waals surface area contributed by atoms with E-state index < -0.39 is 0 Å². The summed E-state index contributed by atoms with van der Waals surface area (Å²) in [6.07, 6.45) is 0. The van der Waals surface area contributed by atoms with Gasteiger partial charge in [-0.05, 0) is 133 Å². The van der Waals surface area contributed by atoms with Crippen LogP contribution < -0.4 is 0 Å². The van der Waals surface area contributed by atoms with Gasteiger partial charge in [0.25, 0.3) is 0 Å². The Bertz CT molecular complexity index is 3950. The third-order valence-electron chi connectivity index (χ3n) is 13.9. The first kappa shape index (κ1) is 35.6. The highest BCUT2D eigenvalue weighted by Crippen LogP contribution is 2.50. The summed E-state index contributed by atoms with van der Waals surface area (Å²) < 4.78 is 4.92. The Morgan fingerprint density at radius 1 is 0.381 bits per heavy atom. The summed E-state index contributed by atoms with van der Waals surface area (Å²) in [7, 11) is 0. The lowest BCUT2D eigenvalue weighted by molar-refractivity contribution is 0.660. The second kappa shape index (κ2) is 13.2. The molecule has 0 amide bonds. The summed E-state index contributed by atoms with van der Waals surface area (Å²) in [4.78, 5) is 0. The molecule has 0 aliphatic heterocycles. The molecule has 0 bridgehead atoms. The molecule has 3 nitrogen and oxygen atoms in total. The van der Waals surface area contributed by atoms with Crippen LogP contribution in [0.2, 0.25) is 0 Å². The number of fused-ring (bicyclic) bond motifs is 12. The quantitative estimate of drug-likeness (QED) is 0.174. The van der Waals surface area contributed by atoms with Crippen molar-refractivity contribution in [3.8, 4) is 50.8 Å². The van der Waals surface area contributed by atoms with E-state index >= 15 is 0 Å². The number of benzene rings is 10. The normalized spacial score (nSPS) is 13.0. The van der Waals surface area contributed by atoms with Crippen molar-refractivity contribution in [2.24, 2.45) is 0 Å². The summed E-state index contributed by atoms with van der Waals surface area (Å²) in [5.41, 5.74) is 17.0. The first-order valence-corrected chi connectivity index (χ1v) is 21.7. The molecule has 10 aromatic carbocycles. The average molecular weight is 802 g/mol. The molecule has 2 aromatic heterocycles. The van der Waals surface area contributed by atoms with E-state index in [0.717, 1.165) is 33.6 Å². The average Bonchev–Trinajstić information content (AvgIpc) is 3.92. The van der Waals surface area contributed by atoms with Gasteiger partial charge in [-0.15, -0.1) is 0 Å². The van der Waals surface area contributed by atoms with E-state index in [1.165, 1.54) is 87.4 Å². The molecule has 294 valence electrons. The molecule has 0 saturated carbocycles. The molecule has 0 atom stereocenters. The predicted molar refractivity (Wildman–Crippen MR) is 263 cm³/mol. The summed E-state index contributed by atoms with van der Waals surface area (Å²) in [5.74, 6) is 0.